The largest absolute Gasteiger partial charge is 0.497 e. The van der Waals surface area contributed by atoms with E-state index >= 15 is 0 Å². The zero-order valence-corrected chi connectivity index (χ0v) is 23.9. The van der Waals surface area contributed by atoms with Gasteiger partial charge < -0.3 is 14.3 Å². The standard InChI is InChI=1S/C37H37N2O2/c1-4-24-21-37-16-18-39(37,22-32-23(2)26-9-5-6-10-27(26)28-11-7-8-12-29(28)32)35(20-33(24)37)36(40)30-15-17-38-34-14-13-25(41-3)19-31(30)34/h4-15,17,19,24,33,35-36,40H,1,16,18,20-22H2,2-3H3/q+1. The average molecular weight is 542 g/mol. The lowest BCUT2D eigenvalue weighted by atomic mass is 9.54. The SMILES string of the molecule is C=CC1CC23CC[N+]2(Cc2c(C)c4ccccc4c4ccccc24)C(C(O)c2ccnc4ccc(OC)cc24)CC13. The van der Waals surface area contributed by atoms with Crippen LogP contribution >= 0.6 is 0 Å². The van der Waals surface area contributed by atoms with Crippen molar-refractivity contribution in [3.8, 4) is 5.75 Å². The summed E-state index contributed by atoms with van der Waals surface area (Å²) in [7, 11) is 1.69. The Morgan fingerprint density at radius 1 is 1.02 bits per heavy atom. The number of aromatic nitrogens is 1. The molecule has 6 atom stereocenters. The number of hydrogen-bond acceptors (Lipinski definition) is 3. The molecule has 4 heteroatoms. The maximum absolute atomic E-state index is 12.4. The third-order valence-corrected chi connectivity index (χ3v) is 11.5. The molecule has 0 radical (unpaired) electrons. The highest BCUT2D eigenvalue weighted by atomic mass is 16.5. The maximum Gasteiger partial charge on any atom is 0.131 e. The van der Waals surface area contributed by atoms with E-state index in [1.807, 2.05) is 30.5 Å². The van der Waals surface area contributed by atoms with Gasteiger partial charge in [-0.1, -0.05) is 54.6 Å². The molecule has 4 aromatic carbocycles. The topological polar surface area (TPSA) is 42.4 Å². The molecule has 1 spiro atoms. The first-order valence-electron chi connectivity index (χ1n) is 15.0. The number of aryl methyl sites for hydroxylation is 1. The zero-order chi connectivity index (χ0) is 27.9. The van der Waals surface area contributed by atoms with Gasteiger partial charge in [0.05, 0.1) is 25.6 Å². The van der Waals surface area contributed by atoms with Gasteiger partial charge in [-0.3, -0.25) is 4.98 Å². The number of quaternary nitrogens is 1. The van der Waals surface area contributed by atoms with E-state index in [0.29, 0.717) is 11.8 Å². The number of fused-ring (bicyclic) bond motifs is 4. The van der Waals surface area contributed by atoms with Crippen molar-refractivity contribution in [2.75, 3.05) is 13.7 Å². The molecular weight excluding hydrogens is 504 g/mol. The van der Waals surface area contributed by atoms with Gasteiger partial charge in [-0.25, -0.2) is 0 Å². The fourth-order valence-electron chi connectivity index (χ4n) is 9.39. The van der Waals surface area contributed by atoms with Crippen LogP contribution in [0.5, 0.6) is 5.75 Å². The van der Waals surface area contributed by atoms with E-state index in [9.17, 15) is 5.11 Å². The number of allylic oxidation sites excluding steroid dienone is 1. The van der Waals surface area contributed by atoms with E-state index in [0.717, 1.165) is 46.2 Å². The van der Waals surface area contributed by atoms with Gasteiger partial charge in [-0.15, -0.1) is 6.58 Å². The second-order valence-corrected chi connectivity index (χ2v) is 12.7. The first kappa shape index (κ1) is 25.0. The molecule has 41 heavy (non-hydrogen) atoms. The van der Waals surface area contributed by atoms with Crippen LogP contribution in [-0.2, 0) is 6.54 Å². The zero-order valence-electron chi connectivity index (χ0n) is 23.9. The Balaban J connectivity index is 1.30. The number of nitrogens with zero attached hydrogens (tertiary/aromatic N) is 2. The lowest BCUT2D eigenvalue weighted by Crippen LogP contribution is -2.79. The van der Waals surface area contributed by atoms with Gasteiger partial charge in [0.25, 0.3) is 0 Å². The van der Waals surface area contributed by atoms with Crippen molar-refractivity contribution < 1.29 is 14.3 Å². The van der Waals surface area contributed by atoms with Crippen LogP contribution in [0.1, 0.15) is 42.1 Å². The van der Waals surface area contributed by atoms with Crippen molar-refractivity contribution >= 4 is 32.4 Å². The summed E-state index contributed by atoms with van der Waals surface area (Å²) in [5, 5.41) is 18.7. The summed E-state index contributed by atoms with van der Waals surface area (Å²) in [6, 6.07) is 25.9. The molecule has 3 fully saturated rings. The molecule has 8 rings (SSSR count). The van der Waals surface area contributed by atoms with E-state index in [1.54, 1.807) is 7.11 Å². The molecule has 1 aromatic heterocycles. The Morgan fingerprint density at radius 2 is 1.76 bits per heavy atom. The molecule has 2 saturated heterocycles. The predicted molar refractivity (Wildman–Crippen MR) is 166 cm³/mol. The van der Waals surface area contributed by atoms with Crippen molar-refractivity contribution in [2.45, 2.75) is 50.4 Å². The van der Waals surface area contributed by atoms with Gasteiger partial charge in [-0.05, 0) is 69.8 Å². The van der Waals surface area contributed by atoms with Crippen molar-refractivity contribution in [3.63, 3.8) is 0 Å². The number of ether oxygens (including phenoxy) is 1. The van der Waals surface area contributed by atoms with Gasteiger partial charge in [0.2, 0.25) is 0 Å². The first-order chi connectivity index (χ1) is 20.0. The van der Waals surface area contributed by atoms with E-state index in [1.165, 1.54) is 45.5 Å². The number of aliphatic hydroxyl groups is 1. The molecule has 3 heterocycles. The van der Waals surface area contributed by atoms with Crippen LogP contribution in [0.25, 0.3) is 32.4 Å². The lowest BCUT2D eigenvalue weighted by molar-refractivity contribution is -1.05. The van der Waals surface area contributed by atoms with Crippen LogP contribution < -0.4 is 4.74 Å². The Morgan fingerprint density at radius 3 is 2.46 bits per heavy atom. The minimum absolute atomic E-state index is 0.111. The number of pyridine rings is 1. The number of aliphatic hydroxyl groups excluding tert-OH is 1. The predicted octanol–water partition coefficient (Wildman–Crippen LogP) is 7.65. The second-order valence-electron chi connectivity index (χ2n) is 12.7. The van der Waals surface area contributed by atoms with Crippen molar-refractivity contribution in [1.82, 2.24) is 4.98 Å². The van der Waals surface area contributed by atoms with Crippen LogP contribution in [0.4, 0.5) is 0 Å². The average Bonchev–Trinajstić information content (AvgIpc) is 3.13. The van der Waals surface area contributed by atoms with Crippen molar-refractivity contribution in [3.05, 3.63) is 108 Å². The summed E-state index contributed by atoms with van der Waals surface area (Å²) in [6.07, 6.45) is 6.88. The van der Waals surface area contributed by atoms with Crippen LogP contribution in [0, 0.1) is 18.8 Å². The molecule has 4 nitrogen and oxygen atoms in total. The number of rotatable bonds is 6. The summed E-state index contributed by atoms with van der Waals surface area (Å²) in [4.78, 5) is 4.62. The smallest absolute Gasteiger partial charge is 0.131 e. The van der Waals surface area contributed by atoms with Crippen LogP contribution in [-0.4, -0.2) is 39.8 Å². The summed E-state index contributed by atoms with van der Waals surface area (Å²) in [5.74, 6) is 1.90. The monoisotopic (exact) mass is 541 g/mol. The second kappa shape index (κ2) is 8.88. The molecule has 1 N–H and O–H groups in total. The van der Waals surface area contributed by atoms with Crippen LogP contribution in [0.2, 0.25) is 0 Å². The molecule has 1 aliphatic carbocycles. The fraction of sp³-hybridized carbons (Fsp3) is 0.324. The third-order valence-electron chi connectivity index (χ3n) is 11.5. The molecule has 1 saturated carbocycles. The Kier molecular flexibility index (Phi) is 5.42. The Bertz CT molecular complexity index is 1860. The van der Waals surface area contributed by atoms with Crippen molar-refractivity contribution in [2.24, 2.45) is 11.8 Å². The normalized spacial score (nSPS) is 29.0. The van der Waals surface area contributed by atoms with Crippen LogP contribution in [0.3, 0.4) is 0 Å². The fourth-order valence-corrected chi connectivity index (χ4v) is 9.39. The summed E-state index contributed by atoms with van der Waals surface area (Å²) in [5.41, 5.74) is 4.91. The van der Waals surface area contributed by atoms with Gasteiger partial charge in [0.1, 0.15) is 30.0 Å². The summed E-state index contributed by atoms with van der Waals surface area (Å²) >= 11 is 0. The molecule has 5 aromatic rings. The van der Waals surface area contributed by atoms with E-state index in [-0.39, 0.29) is 11.6 Å². The Hall–Kier alpha value is -3.73. The highest BCUT2D eigenvalue weighted by molar-refractivity contribution is 6.10. The van der Waals surface area contributed by atoms with Gasteiger partial charge in [-0.2, -0.15) is 0 Å². The molecule has 206 valence electrons. The Labute approximate surface area is 241 Å². The van der Waals surface area contributed by atoms with Gasteiger partial charge >= 0.3 is 0 Å². The first-order valence-corrected chi connectivity index (χ1v) is 15.0. The van der Waals surface area contributed by atoms with E-state index < -0.39 is 6.10 Å². The number of benzene rings is 4. The molecule has 0 bridgehead atoms. The summed E-state index contributed by atoms with van der Waals surface area (Å²) < 4.78 is 6.54. The van der Waals surface area contributed by atoms with Gasteiger partial charge in [0, 0.05) is 35.9 Å². The van der Waals surface area contributed by atoms with Crippen molar-refractivity contribution in [1.29, 1.82) is 0 Å². The highest BCUT2D eigenvalue weighted by Crippen LogP contribution is 2.69. The maximum atomic E-state index is 12.4. The minimum Gasteiger partial charge on any atom is -0.497 e. The molecule has 3 aliphatic rings. The number of hydrogen-bond donors (Lipinski definition) is 1. The van der Waals surface area contributed by atoms with E-state index in [4.69, 9.17) is 4.74 Å². The van der Waals surface area contributed by atoms with E-state index in [2.05, 4.69) is 73.1 Å². The highest BCUT2D eigenvalue weighted by Gasteiger charge is 2.78. The minimum atomic E-state index is -0.590. The molecule has 2 aliphatic heterocycles. The number of methoxy groups -OCH3 is 1. The summed E-state index contributed by atoms with van der Waals surface area (Å²) in [6.45, 7) is 8.58. The van der Waals surface area contributed by atoms with Gasteiger partial charge in [0.15, 0.2) is 0 Å². The third kappa shape index (κ3) is 3.21. The molecular formula is C37H37N2O2+. The quantitative estimate of drug-likeness (QED) is 0.136. The lowest BCUT2D eigenvalue weighted by Gasteiger charge is -2.67. The molecule has 0 amide bonds. The van der Waals surface area contributed by atoms with Crippen LogP contribution in [0.15, 0.2) is 91.6 Å². The molecule has 6 unspecified atom stereocenters.